The summed E-state index contributed by atoms with van der Waals surface area (Å²) in [6.07, 6.45) is 0.968. The second-order valence-corrected chi connectivity index (χ2v) is 13.7. The molecule has 4 aromatic rings. The van der Waals surface area contributed by atoms with Crippen LogP contribution in [0.5, 0.6) is 5.75 Å². The molecule has 1 atom stereocenters. The minimum atomic E-state index is -3.75. The van der Waals surface area contributed by atoms with E-state index < -0.39 is 21.4 Å². The van der Waals surface area contributed by atoms with Crippen LogP contribution in [0.3, 0.4) is 0 Å². The molecule has 1 saturated heterocycles. The first kappa shape index (κ1) is 28.7. The highest BCUT2D eigenvalue weighted by atomic mass is 35.5. The van der Waals surface area contributed by atoms with Gasteiger partial charge in [0.15, 0.2) is 15.6 Å². The molecular weight excluding hydrogens is 577 g/mol. The van der Waals surface area contributed by atoms with Crippen molar-refractivity contribution < 1.29 is 27.1 Å². The Morgan fingerprint density at radius 3 is 2.75 bits per heavy atom. The molecule has 0 amide bonds. The zero-order valence-electron chi connectivity index (χ0n) is 22.1. The van der Waals surface area contributed by atoms with Crippen LogP contribution in [0.1, 0.15) is 23.2 Å². The summed E-state index contributed by atoms with van der Waals surface area (Å²) in [5, 5.41) is 5.05. The maximum absolute atomic E-state index is 14.5. The van der Waals surface area contributed by atoms with Crippen molar-refractivity contribution in [3.8, 4) is 5.75 Å². The molecule has 8 nitrogen and oxygen atoms in total. The zero-order valence-corrected chi connectivity index (χ0v) is 24.5. The molecule has 212 valence electrons. The molecule has 0 bridgehead atoms. The molecule has 0 N–H and O–H groups in total. The average Bonchev–Trinajstić information content (AvgIpc) is 3.51. The molecular formula is C28H29ClFN3O5S2. The zero-order chi connectivity index (χ0) is 28.4. The molecule has 1 aliphatic rings. The number of methoxy groups -OCH3 is 1. The summed E-state index contributed by atoms with van der Waals surface area (Å²) in [6.45, 7) is 2.06. The fourth-order valence-electron chi connectivity index (χ4n) is 4.93. The summed E-state index contributed by atoms with van der Waals surface area (Å²) in [7, 11) is -0.404. The van der Waals surface area contributed by atoms with Gasteiger partial charge in [-0.15, -0.1) is 11.3 Å². The molecule has 0 aliphatic carbocycles. The Balaban J connectivity index is 1.41. The first-order valence-electron chi connectivity index (χ1n) is 12.7. The molecule has 12 heteroatoms. The number of benzene rings is 2. The number of ketones is 1. The standard InChI is InChI=1S/C28H29ClFN3O5S2/c1-32-10-11-38-16-23(32)24(34)7-6-18-4-3-5-19(12-18)15-33-22-13-20(30)14-25(37-2)28(22)21(31-33)17-40(35,36)27-9-8-26(29)39-27/h3-5,8-9,12-14,23H,6-7,10-11,15-17H2,1-2H3. The van der Waals surface area contributed by atoms with Crippen molar-refractivity contribution in [2.45, 2.75) is 35.4 Å². The Bertz CT molecular complexity index is 1650. The molecule has 0 saturated carbocycles. The lowest BCUT2D eigenvalue weighted by atomic mass is 10.0. The van der Waals surface area contributed by atoms with Crippen LogP contribution in [0.15, 0.2) is 52.7 Å². The highest BCUT2D eigenvalue weighted by Gasteiger charge is 2.27. The SMILES string of the molecule is COc1cc(F)cc2c1c(CS(=O)(=O)c1ccc(Cl)s1)nn2Cc1cccc(CCC(=O)C2COCCN2C)c1. The van der Waals surface area contributed by atoms with Gasteiger partial charge in [0.05, 0.1) is 53.8 Å². The predicted octanol–water partition coefficient (Wildman–Crippen LogP) is 4.75. The highest BCUT2D eigenvalue weighted by molar-refractivity contribution is 7.92. The monoisotopic (exact) mass is 605 g/mol. The smallest absolute Gasteiger partial charge is 0.193 e. The molecule has 40 heavy (non-hydrogen) atoms. The molecule has 2 aromatic carbocycles. The van der Waals surface area contributed by atoms with Crippen LogP contribution in [0.25, 0.3) is 10.9 Å². The van der Waals surface area contributed by atoms with E-state index in [0.29, 0.717) is 41.3 Å². The molecule has 2 aromatic heterocycles. The number of Topliss-reactive ketones (excluding diaryl/α,β-unsaturated/α-hetero) is 1. The molecule has 0 radical (unpaired) electrons. The van der Waals surface area contributed by atoms with E-state index in [2.05, 4.69) is 5.10 Å². The lowest BCUT2D eigenvalue weighted by Gasteiger charge is -2.31. The number of fused-ring (bicyclic) bond motifs is 1. The lowest BCUT2D eigenvalue weighted by molar-refractivity contribution is -0.129. The van der Waals surface area contributed by atoms with Crippen molar-refractivity contribution >= 4 is 49.5 Å². The maximum Gasteiger partial charge on any atom is 0.193 e. The summed E-state index contributed by atoms with van der Waals surface area (Å²) >= 11 is 6.95. The number of hydrogen-bond donors (Lipinski definition) is 0. The Kier molecular flexibility index (Phi) is 8.58. The van der Waals surface area contributed by atoms with E-state index in [0.717, 1.165) is 29.0 Å². The summed E-state index contributed by atoms with van der Waals surface area (Å²) in [5.41, 5.74) is 2.56. The van der Waals surface area contributed by atoms with Gasteiger partial charge in [0.2, 0.25) is 0 Å². The topological polar surface area (TPSA) is 90.7 Å². The van der Waals surface area contributed by atoms with Crippen LogP contribution >= 0.6 is 22.9 Å². The molecule has 1 aliphatic heterocycles. The van der Waals surface area contributed by atoms with E-state index in [-0.39, 0.29) is 34.0 Å². The van der Waals surface area contributed by atoms with Gasteiger partial charge in [-0.05, 0) is 36.7 Å². The second-order valence-electron chi connectivity index (χ2n) is 9.78. The predicted molar refractivity (Wildman–Crippen MR) is 153 cm³/mol. The van der Waals surface area contributed by atoms with Crippen molar-refractivity contribution in [3.63, 3.8) is 0 Å². The van der Waals surface area contributed by atoms with Gasteiger partial charge >= 0.3 is 0 Å². The summed E-state index contributed by atoms with van der Waals surface area (Å²) < 4.78 is 53.8. The van der Waals surface area contributed by atoms with Crippen LogP contribution in [0.4, 0.5) is 4.39 Å². The largest absolute Gasteiger partial charge is 0.496 e. The van der Waals surface area contributed by atoms with E-state index in [4.69, 9.17) is 21.1 Å². The number of aromatic nitrogens is 2. The number of nitrogens with zero attached hydrogens (tertiary/aromatic N) is 3. The normalized spacial score (nSPS) is 16.4. The number of hydrogen-bond acceptors (Lipinski definition) is 8. The number of sulfone groups is 1. The van der Waals surface area contributed by atoms with Gasteiger partial charge in [0, 0.05) is 25.1 Å². The highest BCUT2D eigenvalue weighted by Crippen LogP contribution is 2.34. The summed E-state index contributed by atoms with van der Waals surface area (Å²) in [5.74, 6) is -0.559. The number of morpholine rings is 1. The van der Waals surface area contributed by atoms with Gasteiger partial charge in [-0.25, -0.2) is 12.8 Å². The van der Waals surface area contributed by atoms with Gasteiger partial charge in [0.1, 0.15) is 21.5 Å². The molecule has 0 spiro atoms. The second kappa shape index (κ2) is 12.0. The number of likely N-dealkylation sites (N-methyl/N-ethyl adjacent to an activating group) is 1. The maximum atomic E-state index is 14.5. The quantitative estimate of drug-likeness (QED) is 0.258. The minimum absolute atomic E-state index is 0.134. The van der Waals surface area contributed by atoms with Crippen LogP contribution in [0, 0.1) is 5.82 Å². The summed E-state index contributed by atoms with van der Waals surface area (Å²) in [4.78, 5) is 14.8. The van der Waals surface area contributed by atoms with Gasteiger partial charge in [-0.2, -0.15) is 5.10 Å². The lowest BCUT2D eigenvalue weighted by Crippen LogP contribution is -2.47. The van der Waals surface area contributed by atoms with E-state index >= 15 is 0 Å². The molecule has 3 heterocycles. The number of ether oxygens (including phenoxy) is 2. The molecule has 1 fully saturated rings. The number of carbonyl (C=O) groups excluding carboxylic acids is 1. The van der Waals surface area contributed by atoms with E-state index in [1.54, 1.807) is 4.68 Å². The van der Waals surface area contributed by atoms with E-state index in [1.165, 1.54) is 31.4 Å². The first-order chi connectivity index (χ1) is 19.1. The number of halogens is 2. The van der Waals surface area contributed by atoms with Crippen molar-refractivity contribution in [2.24, 2.45) is 0 Å². The van der Waals surface area contributed by atoms with Gasteiger partial charge < -0.3 is 9.47 Å². The van der Waals surface area contributed by atoms with Crippen LogP contribution in [0.2, 0.25) is 4.34 Å². The third-order valence-electron chi connectivity index (χ3n) is 7.01. The van der Waals surface area contributed by atoms with Crippen LogP contribution in [-0.2, 0) is 38.1 Å². The Hall–Kier alpha value is -2.83. The van der Waals surface area contributed by atoms with Gasteiger partial charge in [-0.1, -0.05) is 35.9 Å². The Labute approximate surface area is 241 Å². The Morgan fingerprint density at radius 1 is 1.23 bits per heavy atom. The first-order valence-corrected chi connectivity index (χ1v) is 15.6. The van der Waals surface area contributed by atoms with Crippen LogP contribution < -0.4 is 4.74 Å². The number of aryl methyl sites for hydroxylation is 1. The third kappa shape index (κ3) is 6.23. The molecule has 5 rings (SSSR count). The fraction of sp³-hybridized carbons (Fsp3) is 0.357. The third-order valence-corrected chi connectivity index (χ3v) is 10.4. The number of thiophene rings is 1. The van der Waals surface area contributed by atoms with E-state index in [9.17, 15) is 17.6 Å². The van der Waals surface area contributed by atoms with E-state index in [1.807, 2.05) is 36.2 Å². The van der Waals surface area contributed by atoms with Crippen molar-refractivity contribution in [1.29, 1.82) is 0 Å². The van der Waals surface area contributed by atoms with Gasteiger partial charge in [0.25, 0.3) is 0 Å². The minimum Gasteiger partial charge on any atom is -0.496 e. The van der Waals surface area contributed by atoms with Crippen molar-refractivity contribution in [2.75, 3.05) is 33.9 Å². The average molecular weight is 606 g/mol. The van der Waals surface area contributed by atoms with Crippen molar-refractivity contribution in [3.05, 3.63) is 75.5 Å². The van der Waals surface area contributed by atoms with Crippen LogP contribution in [-0.4, -0.2) is 68.8 Å². The number of carbonyl (C=O) groups is 1. The Morgan fingerprint density at radius 2 is 2.02 bits per heavy atom. The summed E-state index contributed by atoms with van der Waals surface area (Å²) in [6, 6.07) is 13.1. The molecule has 1 unspecified atom stereocenters. The fourth-order valence-corrected chi connectivity index (χ4v) is 7.77. The number of rotatable bonds is 10. The van der Waals surface area contributed by atoms with Crippen molar-refractivity contribution in [1.82, 2.24) is 14.7 Å². The van der Waals surface area contributed by atoms with Gasteiger partial charge in [-0.3, -0.25) is 14.4 Å².